The summed E-state index contributed by atoms with van der Waals surface area (Å²) < 4.78 is 26.9. The smallest absolute Gasteiger partial charge is 0.243 e. The minimum atomic E-state index is -3.55. The van der Waals surface area contributed by atoms with E-state index in [1.165, 1.54) is 4.31 Å². The van der Waals surface area contributed by atoms with Crippen LogP contribution in [0.2, 0.25) is 0 Å². The number of rotatable bonds is 7. The molecule has 0 atom stereocenters. The number of nitrogens with zero attached hydrogens (tertiary/aromatic N) is 1. The molecule has 1 amide bonds. The fourth-order valence-electron chi connectivity index (χ4n) is 2.12. The zero-order chi connectivity index (χ0) is 17.8. The molecule has 0 bridgehead atoms. The van der Waals surface area contributed by atoms with Crippen LogP contribution in [0.1, 0.15) is 46.6 Å². The van der Waals surface area contributed by atoms with Crippen molar-refractivity contribution >= 4 is 21.6 Å². The van der Waals surface area contributed by atoms with Gasteiger partial charge in [0.1, 0.15) is 0 Å². The van der Waals surface area contributed by atoms with Gasteiger partial charge in [-0.3, -0.25) is 4.79 Å². The molecule has 0 fully saturated rings. The number of aryl methyl sites for hydroxylation is 1. The van der Waals surface area contributed by atoms with E-state index < -0.39 is 15.4 Å². The number of nitrogens with one attached hydrogen (secondary N) is 1. The lowest BCUT2D eigenvalue weighted by Crippen LogP contribution is -2.32. The zero-order valence-corrected chi connectivity index (χ0v) is 15.8. The number of hydrogen-bond donors (Lipinski definition) is 1. The Kier molecular flexibility index (Phi) is 6.36. The number of hydrogen-bond acceptors (Lipinski definition) is 3. The maximum atomic E-state index is 12.7. The quantitative estimate of drug-likeness (QED) is 0.827. The average molecular weight is 340 g/mol. The summed E-state index contributed by atoms with van der Waals surface area (Å²) in [4.78, 5) is 12.5. The van der Waals surface area contributed by atoms with Crippen molar-refractivity contribution in [1.82, 2.24) is 4.31 Å². The first-order valence-electron chi connectivity index (χ1n) is 8.02. The van der Waals surface area contributed by atoms with Gasteiger partial charge in [-0.2, -0.15) is 4.31 Å². The Morgan fingerprint density at radius 1 is 1.17 bits per heavy atom. The highest BCUT2D eigenvalue weighted by atomic mass is 32.2. The first-order valence-corrected chi connectivity index (χ1v) is 9.46. The van der Waals surface area contributed by atoms with Crippen molar-refractivity contribution < 1.29 is 13.2 Å². The van der Waals surface area contributed by atoms with Crippen LogP contribution in [-0.2, 0) is 14.8 Å². The number of benzene rings is 1. The Morgan fingerprint density at radius 3 is 2.22 bits per heavy atom. The van der Waals surface area contributed by atoms with Crippen LogP contribution in [-0.4, -0.2) is 31.7 Å². The van der Waals surface area contributed by atoms with Crippen LogP contribution in [0.4, 0.5) is 5.69 Å². The number of amides is 1. The number of anilines is 1. The molecule has 0 aliphatic heterocycles. The lowest BCUT2D eigenvalue weighted by molar-refractivity contribution is -0.124. The van der Waals surface area contributed by atoms with Crippen LogP contribution >= 0.6 is 0 Å². The predicted octanol–water partition coefficient (Wildman–Crippen LogP) is 3.40. The summed E-state index contributed by atoms with van der Waals surface area (Å²) in [7, 11) is -3.55. The zero-order valence-electron chi connectivity index (χ0n) is 14.9. The van der Waals surface area contributed by atoms with Gasteiger partial charge in [-0.05, 0) is 31.0 Å². The third-order valence-electron chi connectivity index (χ3n) is 4.27. The van der Waals surface area contributed by atoms with Crippen molar-refractivity contribution in [3.63, 3.8) is 0 Å². The fourth-order valence-corrected chi connectivity index (χ4v) is 3.83. The standard InChI is InChI=1S/C17H28N2O3S/c1-7-17(5,6)16(20)18-14-11-10-13(4)15(12-14)23(21,22)19(8-2)9-3/h10-12H,7-9H2,1-6H3,(H,18,20). The molecule has 1 N–H and O–H groups in total. The summed E-state index contributed by atoms with van der Waals surface area (Å²) in [5.41, 5.74) is 0.681. The van der Waals surface area contributed by atoms with Crippen molar-refractivity contribution in [3.8, 4) is 0 Å². The largest absolute Gasteiger partial charge is 0.326 e. The van der Waals surface area contributed by atoms with E-state index in [4.69, 9.17) is 0 Å². The topological polar surface area (TPSA) is 66.5 Å². The first kappa shape index (κ1) is 19.6. The average Bonchev–Trinajstić information content (AvgIpc) is 2.49. The van der Waals surface area contributed by atoms with E-state index in [0.29, 0.717) is 30.8 Å². The van der Waals surface area contributed by atoms with Gasteiger partial charge in [0, 0.05) is 24.2 Å². The summed E-state index contributed by atoms with van der Waals surface area (Å²) in [5.74, 6) is -0.116. The van der Waals surface area contributed by atoms with E-state index in [-0.39, 0.29) is 10.8 Å². The van der Waals surface area contributed by atoms with Crippen LogP contribution in [0.15, 0.2) is 23.1 Å². The van der Waals surface area contributed by atoms with Crippen LogP contribution in [0.25, 0.3) is 0 Å². The van der Waals surface area contributed by atoms with Crippen molar-refractivity contribution in [2.45, 2.75) is 52.9 Å². The molecular formula is C17H28N2O3S. The summed E-state index contributed by atoms with van der Waals surface area (Å²) in [6, 6.07) is 5.01. The molecule has 130 valence electrons. The van der Waals surface area contributed by atoms with Gasteiger partial charge in [-0.15, -0.1) is 0 Å². The molecule has 0 radical (unpaired) electrons. The number of carbonyl (C=O) groups is 1. The Labute approximate surface area is 140 Å². The van der Waals surface area contributed by atoms with E-state index in [1.807, 2.05) is 34.6 Å². The molecular weight excluding hydrogens is 312 g/mol. The van der Waals surface area contributed by atoms with Crippen LogP contribution in [0.3, 0.4) is 0 Å². The molecule has 1 rings (SSSR count). The molecule has 6 heteroatoms. The lowest BCUT2D eigenvalue weighted by Gasteiger charge is -2.23. The van der Waals surface area contributed by atoms with Crippen LogP contribution < -0.4 is 5.32 Å². The second kappa shape index (κ2) is 7.45. The van der Waals surface area contributed by atoms with Gasteiger partial charge in [0.05, 0.1) is 4.90 Å². The first-order chi connectivity index (χ1) is 10.6. The van der Waals surface area contributed by atoms with E-state index in [2.05, 4.69) is 5.32 Å². The molecule has 23 heavy (non-hydrogen) atoms. The SMILES string of the molecule is CCN(CC)S(=O)(=O)c1cc(NC(=O)C(C)(C)CC)ccc1C. The maximum absolute atomic E-state index is 12.7. The van der Waals surface area contributed by atoms with Crippen LogP contribution in [0.5, 0.6) is 0 Å². The molecule has 1 aromatic carbocycles. The molecule has 0 saturated heterocycles. The van der Waals surface area contributed by atoms with Crippen molar-refractivity contribution in [1.29, 1.82) is 0 Å². The van der Waals surface area contributed by atoms with Gasteiger partial charge in [0.15, 0.2) is 0 Å². The number of sulfonamides is 1. The van der Waals surface area contributed by atoms with E-state index in [1.54, 1.807) is 25.1 Å². The van der Waals surface area contributed by atoms with E-state index in [9.17, 15) is 13.2 Å². The Balaban J connectivity index is 3.22. The molecule has 0 aromatic heterocycles. The van der Waals surface area contributed by atoms with Gasteiger partial charge in [-0.1, -0.05) is 40.7 Å². The minimum absolute atomic E-state index is 0.116. The highest BCUT2D eigenvalue weighted by molar-refractivity contribution is 7.89. The van der Waals surface area contributed by atoms with Crippen LogP contribution in [0, 0.1) is 12.3 Å². The molecule has 0 aliphatic rings. The molecule has 0 heterocycles. The van der Waals surface area contributed by atoms with E-state index in [0.717, 1.165) is 0 Å². The summed E-state index contributed by atoms with van der Waals surface area (Å²) in [6.45, 7) is 11.9. The van der Waals surface area contributed by atoms with Gasteiger partial charge in [0.2, 0.25) is 15.9 Å². The summed E-state index contributed by atoms with van der Waals surface area (Å²) in [6.07, 6.45) is 0.704. The number of carbonyl (C=O) groups excluding carboxylic acids is 1. The molecule has 0 aliphatic carbocycles. The Bertz CT molecular complexity index is 662. The predicted molar refractivity (Wildman–Crippen MR) is 94.0 cm³/mol. The van der Waals surface area contributed by atoms with Crippen molar-refractivity contribution in [3.05, 3.63) is 23.8 Å². The Hall–Kier alpha value is -1.40. The minimum Gasteiger partial charge on any atom is -0.326 e. The van der Waals surface area contributed by atoms with Gasteiger partial charge < -0.3 is 5.32 Å². The normalized spacial score (nSPS) is 12.5. The third-order valence-corrected chi connectivity index (χ3v) is 6.46. The van der Waals surface area contributed by atoms with Gasteiger partial charge >= 0.3 is 0 Å². The second-order valence-corrected chi connectivity index (χ2v) is 8.17. The van der Waals surface area contributed by atoms with Crippen molar-refractivity contribution in [2.75, 3.05) is 18.4 Å². The molecule has 0 spiro atoms. The summed E-state index contributed by atoms with van der Waals surface area (Å²) >= 11 is 0. The van der Waals surface area contributed by atoms with E-state index >= 15 is 0 Å². The Morgan fingerprint density at radius 2 is 1.74 bits per heavy atom. The fraction of sp³-hybridized carbons (Fsp3) is 0.588. The van der Waals surface area contributed by atoms with Gasteiger partial charge in [0.25, 0.3) is 0 Å². The second-order valence-electron chi connectivity index (χ2n) is 6.26. The van der Waals surface area contributed by atoms with Crippen molar-refractivity contribution in [2.24, 2.45) is 5.41 Å². The molecule has 1 aromatic rings. The lowest BCUT2D eigenvalue weighted by atomic mass is 9.89. The highest BCUT2D eigenvalue weighted by Gasteiger charge is 2.27. The highest BCUT2D eigenvalue weighted by Crippen LogP contribution is 2.26. The molecule has 0 saturated carbocycles. The molecule has 0 unspecified atom stereocenters. The maximum Gasteiger partial charge on any atom is 0.243 e. The third kappa shape index (κ3) is 4.32. The molecule has 5 nitrogen and oxygen atoms in total. The van der Waals surface area contributed by atoms with Gasteiger partial charge in [-0.25, -0.2) is 8.42 Å². The monoisotopic (exact) mass is 340 g/mol. The summed E-state index contributed by atoms with van der Waals surface area (Å²) in [5, 5.41) is 2.83.